The predicted octanol–water partition coefficient (Wildman–Crippen LogP) is 3.18. The maximum atomic E-state index is 12.2. The first kappa shape index (κ1) is 19.0. The van der Waals surface area contributed by atoms with Gasteiger partial charge in [-0.25, -0.2) is 0 Å². The highest BCUT2D eigenvalue weighted by molar-refractivity contribution is 7.99. The average molecular weight is 385 g/mol. The normalized spacial score (nSPS) is 17.0. The largest absolute Gasteiger partial charge is 0.347 e. The summed E-state index contributed by atoms with van der Waals surface area (Å²) in [7, 11) is 0. The molecule has 1 atom stereocenters. The molecule has 2 N–H and O–H groups in total. The Morgan fingerprint density at radius 2 is 2.08 bits per heavy atom. The van der Waals surface area contributed by atoms with Crippen molar-refractivity contribution >= 4 is 41.7 Å². The maximum Gasteiger partial charge on any atom is 0.272 e. The molecule has 0 radical (unpaired) electrons. The zero-order valence-corrected chi connectivity index (χ0v) is 15.3. The van der Waals surface area contributed by atoms with E-state index in [9.17, 15) is 4.79 Å². The van der Waals surface area contributed by atoms with Crippen LogP contribution in [0.1, 0.15) is 23.3 Å². The molecule has 2 heterocycles. The van der Waals surface area contributed by atoms with Crippen molar-refractivity contribution in [3.63, 3.8) is 0 Å². The lowest BCUT2D eigenvalue weighted by atomic mass is 10.1. The Balaban J connectivity index is 0.00000208. The van der Waals surface area contributed by atoms with Gasteiger partial charge >= 0.3 is 0 Å². The lowest BCUT2D eigenvalue weighted by Crippen LogP contribution is -2.45. The average Bonchev–Trinajstić information content (AvgIpc) is 2.58. The fraction of sp³-hybridized carbons (Fsp3) is 0.312. The maximum absolute atomic E-state index is 12.2. The van der Waals surface area contributed by atoms with Crippen molar-refractivity contribution in [2.75, 3.05) is 13.1 Å². The Bertz CT molecular complexity index is 678. The zero-order chi connectivity index (χ0) is 16.1. The van der Waals surface area contributed by atoms with E-state index in [1.165, 1.54) is 11.8 Å². The summed E-state index contributed by atoms with van der Waals surface area (Å²) in [6, 6.07) is 11.2. The zero-order valence-electron chi connectivity index (χ0n) is 12.9. The van der Waals surface area contributed by atoms with Crippen molar-refractivity contribution in [3.05, 3.63) is 47.1 Å². The van der Waals surface area contributed by atoms with Crippen molar-refractivity contribution in [1.29, 1.82) is 0 Å². The summed E-state index contributed by atoms with van der Waals surface area (Å²) in [5.74, 6) is -0.180. The summed E-state index contributed by atoms with van der Waals surface area (Å²) in [6.07, 6.45) is 2.07. The monoisotopic (exact) mass is 384 g/mol. The van der Waals surface area contributed by atoms with Crippen LogP contribution in [-0.2, 0) is 0 Å². The van der Waals surface area contributed by atoms with Gasteiger partial charge in [0.2, 0.25) is 0 Å². The van der Waals surface area contributed by atoms with Crippen molar-refractivity contribution in [2.45, 2.75) is 28.8 Å². The number of benzene rings is 1. The molecule has 1 amide bonds. The van der Waals surface area contributed by atoms with E-state index >= 15 is 0 Å². The molecule has 0 saturated carbocycles. The van der Waals surface area contributed by atoms with Gasteiger partial charge in [-0.05, 0) is 43.7 Å². The first-order chi connectivity index (χ1) is 11.2. The number of carbonyl (C=O) groups excluding carboxylic acids is 1. The molecule has 128 valence electrons. The van der Waals surface area contributed by atoms with Crippen LogP contribution in [-0.4, -0.2) is 35.2 Å². The van der Waals surface area contributed by atoms with Gasteiger partial charge in [0.25, 0.3) is 5.91 Å². The number of piperidine rings is 1. The van der Waals surface area contributed by atoms with Crippen LogP contribution in [0.25, 0.3) is 0 Å². The Labute approximate surface area is 156 Å². The lowest BCUT2D eigenvalue weighted by Gasteiger charge is -2.23. The lowest BCUT2D eigenvalue weighted by molar-refractivity contribution is 0.0924. The Morgan fingerprint density at radius 1 is 1.25 bits per heavy atom. The van der Waals surface area contributed by atoms with E-state index < -0.39 is 0 Å². The van der Waals surface area contributed by atoms with Gasteiger partial charge < -0.3 is 10.6 Å². The van der Waals surface area contributed by atoms with E-state index in [1.54, 1.807) is 12.1 Å². The number of hydrogen-bond donors (Lipinski definition) is 2. The highest BCUT2D eigenvalue weighted by Gasteiger charge is 2.17. The second-order valence-corrected chi connectivity index (χ2v) is 6.78. The molecule has 2 aromatic rings. The third-order valence-corrected chi connectivity index (χ3v) is 5.00. The van der Waals surface area contributed by atoms with Crippen molar-refractivity contribution in [3.8, 4) is 0 Å². The van der Waals surface area contributed by atoms with E-state index in [-0.39, 0.29) is 24.4 Å². The van der Waals surface area contributed by atoms with Crippen LogP contribution in [0.3, 0.4) is 0 Å². The number of rotatable bonds is 4. The third-order valence-electron chi connectivity index (χ3n) is 3.56. The SMILES string of the molecule is Cl.O=C(N[C@H]1CCCNC1)c1ccc(Sc2ccccc2Cl)nn1. The first-order valence-corrected chi connectivity index (χ1v) is 8.69. The summed E-state index contributed by atoms with van der Waals surface area (Å²) in [4.78, 5) is 13.1. The molecule has 0 spiro atoms. The number of carbonyl (C=O) groups is 1. The van der Waals surface area contributed by atoms with Crippen LogP contribution >= 0.6 is 35.8 Å². The van der Waals surface area contributed by atoms with Crippen LogP contribution < -0.4 is 10.6 Å². The van der Waals surface area contributed by atoms with Gasteiger partial charge in [-0.3, -0.25) is 4.79 Å². The first-order valence-electron chi connectivity index (χ1n) is 7.50. The van der Waals surface area contributed by atoms with E-state index in [1.807, 2.05) is 24.3 Å². The number of halogens is 2. The second kappa shape index (κ2) is 9.22. The second-order valence-electron chi connectivity index (χ2n) is 5.31. The van der Waals surface area contributed by atoms with Crippen LogP contribution in [0.15, 0.2) is 46.3 Å². The van der Waals surface area contributed by atoms with E-state index in [2.05, 4.69) is 20.8 Å². The molecule has 0 bridgehead atoms. The molecule has 3 rings (SSSR count). The summed E-state index contributed by atoms with van der Waals surface area (Å²) < 4.78 is 0. The highest BCUT2D eigenvalue weighted by atomic mass is 35.5. The number of nitrogens with zero attached hydrogens (tertiary/aromatic N) is 2. The molecular formula is C16H18Cl2N4OS. The Kier molecular flexibility index (Phi) is 7.30. The summed E-state index contributed by atoms with van der Waals surface area (Å²) >= 11 is 7.55. The third kappa shape index (κ3) is 5.08. The molecule has 1 fully saturated rings. The van der Waals surface area contributed by atoms with Gasteiger partial charge in [0, 0.05) is 17.5 Å². The minimum atomic E-state index is -0.180. The quantitative estimate of drug-likeness (QED) is 0.846. The number of amides is 1. The minimum absolute atomic E-state index is 0. The van der Waals surface area contributed by atoms with Gasteiger partial charge in [0.15, 0.2) is 5.69 Å². The topological polar surface area (TPSA) is 66.9 Å². The number of nitrogens with one attached hydrogen (secondary N) is 2. The Hall–Kier alpha value is -1.34. The van der Waals surface area contributed by atoms with Crippen LogP contribution in [0, 0.1) is 0 Å². The van der Waals surface area contributed by atoms with E-state index in [0.29, 0.717) is 15.7 Å². The summed E-state index contributed by atoms with van der Waals surface area (Å²) in [5.41, 5.74) is 0.332. The standard InChI is InChI=1S/C16H17ClN4OS.ClH/c17-12-5-1-2-6-14(12)23-15-8-7-13(20-21-15)16(22)19-11-4-3-9-18-10-11;/h1-2,5-8,11,18H,3-4,9-10H2,(H,19,22);1H/t11-;/m0./s1. The molecule has 1 aliphatic heterocycles. The summed E-state index contributed by atoms with van der Waals surface area (Å²) in [6.45, 7) is 1.82. The molecule has 24 heavy (non-hydrogen) atoms. The molecule has 1 aromatic carbocycles. The number of aromatic nitrogens is 2. The molecule has 8 heteroatoms. The van der Waals surface area contributed by atoms with Crippen LogP contribution in [0.4, 0.5) is 0 Å². The predicted molar refractivity (Wildman–Crippen MR) is 98.2 cm³/mol. The van der Waals surface area contributed by atoms with E-state index in [0.717, 1.165) is 30.8 Å². The number of hydrogen-bond acceptors (Lipinski definition) is 5. The fourth-order valence-corrected chi connectivity index (χ4v) is 3.38. The summed E-state index contributed by atoms with van der Waals surface area (Å²) in [5, 5.41) is 15.8. The van der Waals surface area contributed by atoms with Gasteiger partial charge in [0.1, 0.15) is 5.03 Å². The minimum Gasteiger partial charge on any atom is -0.347 e. The molecule has 0 unspecified atom stereocenters. The molecule has 1 aliphatic rings. The fourth-order valence-electron chi connectivity index (χ4n) is 2.37. The smallest absolute Gasteiger partial charge is 0.272 e. The van der Waals surface area contributed by atoms with Crippen molar-refractivity contribution in [1.82, 2.24) is 20.8 Å². The molecule has 1 aromatic heterocycles. The van der Waals surface area contributed by atoms with Gasteiger partial charge in [-0.2, -0.15) is 0 Å². The van der Waals surface area contributed by atoms with Gasteiger partial charge in [-0.15, -0.1) is 22.6 Å². The Morgan fingerprint density at radius 3 is 2.75 bits per heavy atom. The van der Waals surface area contributed by atoms with Crippen LogP contribution in [0.2, 0.25) is 5.02 Å². The molecule has 0 aliphatic carbocycles. The van der Waals surface area contributed by atoms with Gasteiger partial charge in [-0.1, -0.05) is 35.5 Å². The molecular weight excluding hydrogens is 367 g/mol. The van der Waals surface area contributed by atoms with E-state index in [4.69, 9.17) is 11.6 Å². The van der Waals surface area contributed by atoms with Crippen molar-refractivity contribution < 1.29 is 4.79 Å². The van der Waals surface area contributed by atoms with Gasteiger partial charge in [0.05, 0.1) is 5.02 Å². The van der Waals surface area contributed by atoms with Crippen LogP contribution in [0.5, 0.6) is 0 Å². The van der Waals surface area contributed by atoms with Crippen molar-refractivity contribution in [2.24, 2.45) is 0 Å². The highest BCUT2D eigenvalue weighted by Crippen LogP contribution is 2.31. The molecule has 5 nitrogen and oxygen atoms in total. The molecule has 1 saturated heterocycles.